The molecule has 0 N–H and O–H groups in total. The first-order chi connectivity index (χ1) is 15.7. The molecule has 1 fully saturated rings. The molecule has 1 saturated heterocycles. The Bertz CT molecular complexity index is 1340. The van der Waals surface area contributed by atoms with Crippen molar-refractivity contribution in [3.63, 3.8) is 0 Å². The Morgan fingerprint density at radius 3 is 2.69 bits per heavy atom. The van der Waals surface area contributed by atoms with E-state index in [1.54, 1.807) is 12.1 Å². The van der Waals surface area contributed by atoms with Gasteiger partial charge >= 0.3 is 0 Å². The van der Waals surface area contributed by atoms with Gasteiger partial charge in [-0.15, -0.1) is 0 Å². The van der Waals surface area contributed by atoms with Crippen LogP contribution in [-0.4, -0.2) is 40.1 Å². The SMILES string of the molecule is N#Cc1nc(-c2ccco2)oc1N1CCC(C(=O)N2CCn3c2nc2ccccc23)CC1. The molecule has 4 aromatic rings. The van der Waals surface area contributed by atoms with Crippen molar-refractivity contribution in [3.8, 4) is 17.7 Å². The third kappa shape index (κ3) is 2.87. The molecule has 1 aromatic carbocycles. The Kier molecular flexibility index (Phi) is 4.24. The van der Waals surface area contributed by atoms with E-state index in [1.165, 1.54) is 6.26 Å². The summed E-state index contributed by atoms with van der Waals surface area (Å²) in [5, 5.41) is 9.50. The molecule has 2 aliphatic rings. The molecule has 6 rings (SSSR count). The number of imidazole rings is 1. The highest BCUT2D eigenvalue weighted by Gasteiger charge is 2.35. The van der Waals surface area contributed by atoms with Crippen LogP contribution in [0.15, 0.2) is 51.5 Å². The molecule has 0 bridgehead atoms. The lowest BCUT2D eigenvalue weighted by Crippen LogP contribution is -2.42. The minimum Gasteiger partial charge on any atom is -0.459 e. The fourth-order valence-electron chi connectivity index (χ4n) is 4.65. The largest absolute Gasteiger partial charge is 0.459 e. The molecule has 5 heterocycles. The van der Waals surface area contributed by atoms with Gasteiger partial charge < -0.3 is 18.3 Å². The Hall–Kier alpha value is -4.06. The van der Waals surface area contributed by atoms with E-state index in [2.05, 4.69) is 15.6 Å². The first kappa shape index (κ1) is 18.7. The number of hydrogen-bond donors (Lipinski definition) is 0. The number of amides is 1. The van der Waals surface area contributed by atoms with E-state index in [0.717, 1.165) is 23.5 Å². The van der Waals surface area contributed by atoms with Crippen LogP contribution in [-0.2, 0) is 11.3 Å². The Labute approximate surface area is 183 Å². The molecule has 9 heteroatoms. The average molecular weight is 428 g/mol. The van der Waals surface area contributed by atoms with E-state index in [-0.39, 0.29) is 23.4 Å². The van der Waals surface area contributed by atoms with Crippen LogP contribution in [0.2, 0.25) is 0 Å². The minimum atomic E-state index is -0.0874. The number of piperidine rings is 1. The minimum absolute atomic E-state index is 0.0874. The van der Waals surface area contributed by atoms with Crippen LogP contribution in [0.25, 0.3) is 22.7 Å². The smallest absolute Gasteiger partial charge is 0.266 e. The molecule has 32 heavy (non-hydrogen) atoms. The van der Waals surface area contributed by atoms with Crippen molar-refractivity contribution in [1.82, 2.24) is 14.5 Å². The molecular formula is C23H20N6O3. The van der Waals surface area contributed by atoms with Gasteiger partial charge in [-0.1, -0.05) is 12.1 Å². The van der Waals surface area contributed by atoms with Crippen molar-refractivity contribution in [2.24, 2.45) is 5.92 Å². The molecule has 0 atom stereocenters. The zero-order valence-electron chi connectivity index (χ0n) is 17.3. The highest BCUT2D eigenvalue weighted by Crippen LogP contribution is 2.33. The van der Waals surface area contributed by atoms with Gasteiger partial charge in [0.15, 0.2) is 5.76 Å². The molecule has 2 aliphatic heterocycles. The van der Waals surface area contributed by atoms with E-state index >= 15 is 0 Å². The quantitative estimate of drug-likeness (QED) is 0.492. The summed E-state index contributed by atoms with van der Waals surface area (Å²) in [6, 6.07) is 13.6. The number of nitriles is 1. The van der Waals surface area contributed by atoms with Gasteiger partial charge in [-0.05, 0) is 37.1 Å². The van der Waals surface area contributed by atoms with Gasteiger partial charge in [0.05, 0.1) is 17.3 Å². The summed E-state index contributed by atoms with van der Waals surface area (Å²) in [5.74, 6) is 1.98. The number of furan rings is 1. The van der Waals surface area contributed by atoms with Crippen LogP contribution >= 0.6 is 0 Å². The molecular weight excluding hydrogens is 408 g/mol. The first-order valence-electron chi connectivity index (χ1n) is 10.7. The van der Waals surface area contributed by atoms with Gasteiger partial charge in [0.2, 0.25) is 23.4 Å². The van der Waals surface area contributed by atoms with Crippen molar-refractivity contribution >= 4 is 28.8 Å². The van der Waals surface area contributed by atoms with Crippen LogP contribution in [0.1, 0.15) is 18.5 Å². The number of oxazole rings is 1. The van der Waals surface area contributed by atoms with Crippen LogP contribution in [0.4, 0.5) is 11.8 Å². The van der Waals surface area contributed by atoms with E-state index in [0.29, 0.717) is 44.1 Å². The topological polar surface area (TPSA) is 104 Å². The molecule has 0 unspecified atom stereocenters. The van der Waals surface area contributed by atoms with Crippen molar-refractivity contribution in [3.05, 3.63) is 48.4 Å². The van der Waals surface area contributed by atoms with Gasteiger partial charge in [-0.25, -0.2) is 4.98 Å². The lowest BCUT2D eigenvalue weighted by molar-refractivity contribution is -0.122. The Morgan fingerprint density at radius 1 is 1.06 bits per heavy atom. The summed E-state index contributed by atoms with van der Waals surface area (Å²) in [6.45, 7) is 2.64. The number of aromatic nitrogens is 3. The fourth-order valence-corrected chi connectivity index (χ4v) is 4.65. The maximum atomic E-state index is 13.3. The summed E-state index contributed by atoms with van der Waals surface area (Å²) in [4.78, 5) is 26.1. The van der Waals surface area contributed by atoms with Crippen molar-refractivity contribution in [2.45, 2.75) is 19.4 Å². The van der Waals surface area contributed by atoms with Crippen molar-refractivity contribution < 1.29 is 13.6 Å². The van der Waals surface area contributed by atoms with E-state index in [4.69, 9.17) is 13.8 Å². The second kappa shape index (κ2) is 7.27. The zero-order chi connectivity index (χ0) is 21.7. The number of fused-ring (bicyclic) bond motifs is 3. The zero-order valence-corrected chi connectivity index (χ0v) is 17.3. The predicted octanol–water partition coefficient (Wildman–Crippen LogP) is 3.42. The normalized spacial score (nSPS) is 16.5. The molecule has 9 nitrogen and oxygen atoms in total. The molecule has 0 spiro atoms. The van der Waals surface area contributed by atoms with E-state index < -0.39 is 0 Å². The fraction of sp³-hybridized carbons (Fsp3) is 0.304. The third-order valence-corrected chi connectivity index (χ3v) is 6.27. The van der Waals surface area contributed by atoms with Crippen molar-refractivity contribution in [1.29, 1.82) is 5.26 Å². The van der Waals surface area contributed by atoms with Crippen LogP contribution < -0.4 is 9.80 Å². The number of carbonyl (C=O) groups excluding carboxylic acids is 1. The van der Waals surface area contributed by atoms with Gasteiger partial charge in [0, 0.05) is 32.1 Å². The summed E-state index contributed by atoms with van der Waals surface area (Å²) in [5.41, 5.74) is 2.21. The molecule has 160 valence electrons. The lowest BCUT2D eigenvalue weighted by Gasteiger charge is -2.32. The molecule has 0 saturated carbocycles. The van der Waals surface area contributed by atoms with Crippen LogP contribution in [0.3, 0.4) is 0 Å². The van der Waals surface area contributed by atoms with Crippen molar-refractivity contribution in [2.75, 3.05) is 29.4 Å². The van der Waals surface area contributed by atoms with Gasteiger partial charge in [-0.2, -0.15) is 10.2 Å². The predicted molar refractivity (Wildman–Crippen MR) is 116 cm³/mol. The number of rotatable bonds is 3. The maximum Gasteiger partial charge on any atom is 0.266 e. The van der Waals surface area contributed by atoms with E-state index in [9.17, 15) is 10.1 Å². The second-order valence-electron chi connectivity index (χ2n) is 8.07. The molecule has 1 amide bonds. The van der Waals surface area contributed by atoms with Crippen LogP contribution in [0.5, 0.6) is 0 Å². The Balaban J connectivity index is 1.18. The number of anilines is 2. The monoisotopic (exact) mass is 428 g/mol. The van der Waals surface area contributed by atoms with Crippen LogP contribution in [0, 0.1) is 17.2 Å². The second-order valence-corrected chi connectivity index (χ2v) is 8.07. The third-order valence-electron chi connectivity index (χ3n) is 6.27. The first-order valence-corrected chi connectivity index (χ1v) is 10.7. The summed E-state index contributed by atoms with van der Waals surface area (Å²) >= 11 is 0. The Morgan fingerprint density at radius 2 is 1.91 bits per heavy atom. The van der Waals surface area contributed by atoms with E-state index in [1.807, 2.05) is 34.1 Å². The number of carbonyl (C=O) groups is 1. The lowest BCUT2D eigenvalue weighted by atomic mass is 9.95. The highest BCUT2D eigenvalue weighted by atomic mass is 16.4. The number of hydrogen-bond acceptors (Lipinski definition) is 7. The summed E-state index contributed by atoms with van der Waals surface area (Å²) in [7, 11) is 0. The van der Waals surface area contributed by atoms with Gasteiger partial charge in [0.1, 0.15) is 6.07 Å². The maximum absolute atomic E-state index is 13.3. The summed E-state index contributed by atoms with van der Waals surface area (Å²) in [6.07, 6.45) is 2.89. The summed E-state index contributed by atoms with van der Waals surface area (Å²) < 4.78 is 13.3. The molecule has 3 aromatic heterocycles. The molecule has 0 radical (unpaired) electrons. The molecule has 0 aliphatic carbocycles. The number of nitrogens with zero attached hydrogens (tertiary/aromatic N) is 6. The number of para-hydroxylation sites is 2. The highest BCUT2D eigenvalue weighted by molar-refractivity contribution is 5.96. The number of benzene rings is 1. The van der Waals surface area contributed by atoms with Gasteiger partial charge in [0.25, 0.3) is 5.89 Å². The average Bonchev–Trinajstić information content (AvgIpc) is 3.62. The standard InChI is InChI=1S/C23H20N6O3/c24-14-17-22(32-20(25-17)19-6-3-13-31-19)27-9-7-15(8-10-27)21(30)29-12-11-28-18-5-2-1-4-16(18)26-23(28)29/h1-6,13,15H,7-12H2. The van der Waals surface area contributed by atoms with Gasteiger partial charge in [-0.3, -0.25) is 9.69 Å².